The molecule has 5 heteroatoms. The van der Waals surface area contributed by atoms with Crippen molar-refractivity contribution in [3.63, 3.8) is 0 Å². The van der Waals surface area contributed by atoms with E-state index in [1.54, 1.807) is 17.3 Å². The van der Waals surface area contributed by atoms with Crippen LogP contribution in [0.15, 0.2) is 23.6 Å². The highest BCUT2D eigenvalue weighted by atomic mass is 32.1. The Morgan fingerprint density at radius 2 is 2.15 bits per heavy atom. The molecule has 2 aromatic rings. The fourth-order valence-electron chi connectivity index (χ4n) is 2.11. The van der Waals surface area contributed by atoms with Gasteiger partial charge in [0.15, 0.2) is 0 Å². The summed E-state index contributed by atoms with van der Waals surface area (Å²) in [7, 11) is 1.78. The van der Waals surface area contributed by atoms with Gasteiger partial charge in [-0.2, -0.15) is 0 Å². The minimum Gasteiger partial charge on any atom is -0.330 e. The Bertz CT molecular complexity index is 621. The summed E-state index contributed by atoms with van der Waals surface area (Å²) in [5, 5.41) is 2.71. The van der Waals surface area contributed by atoms with Crippen molar-refractivity contribution in [2.75, 3.05) is 18.5 Å². The number of carbonyl (C=O) groups excluding carboxylic acids is 1. The molecule has 0 radical (unpaired) electrons. The Morgan fingerprint density at radius 3 is 2.80 bits per heavy atom. The predicted molar refractivity (Wildman–Crippen MR) is 83.5 cm³/mol. The van der Waals surface area contributed by atoms with Gasteiger partial charge in [-0.05, 0) is 32.0 Å². The third-order valence-electron chi connectivity index (χ3n) is 3.15. The molecule has 0 unspecified atom stereocenters. The van der Waals surface area contributed by atoms with Gasteiger partial charge in [-0.3, -0.25) is 4.79 Å². The van der Waals surface area contributed by atoms with Crippen molar-refractivity contribution in [2.45, 2.75) is 20.3 Å². The molecule has 0 saturated carbocycles. The fourth-order valence-corrected chi connectivity index (χ4v) is 2.90. The van der Waals surface area contributed by atoms with Crippen molar-refractivity contribution in [2.24, 2.45) is 5.73 Å². The second kappa shape index (κ2) is 6.15. The number of hydrogen-bond donors (Lipinski definition) is 1. The molecule has 1 amide bonds. The minimum atomic E-state index is -0.0866. The lowest BCUT2D eigenvalue weighted by Gasteiger charge is -2.18. The molecule has 1 heterocycles. The number of thiazole rings is 1. The van der Waals surface area contributed by atoms with Gasteiger partial charge < -0.3 is 10.6 Å². The van der Waals surface area contributed by atoms with Crippen LogP contribution in [0.4, 0.5) is 5.69 Å². The SMILES string of the molecule is Cc1ccc(N(C)C(=O)c2csc(CCN)n2)c(C)c1. The highest BCUT2D eigenvalue weighted by Crippen LogP contribution is 2.22. The third kappa shape index (κ3) is 3.05. The van der Waals surface area contributed by atoms with Crippen LogP contribution < -0.4 is 10.6 Å². The smallest absolute Gasteiger partial charge is 0.277 e. The molecule has 20 heavy (non-hydrogen) atoms. The second-order valence-corrected chi connectivity index (χ2v) is 5.76. The summed E-state index contributed by atoms with van der Waals surface area (Å²) in [5.74, 6) is -0.0866. The van der Waals surface area contributed by atoms with Crippen LogP contribution in [0, 0.1) is 13.8 Å². The zero-order chi connectivity index (χ0) is 14.7. The predicted octanol–water partition coefficient (Wildman–Crippen LogP) is 2.54. The summed E-state index contributed by atoms with van der Waals surface area (Å²) in [6.07, 6.45) is 0.714. The van der Waals surface area contributed by atoms with Gasteiger partial charge >= 0.3 is 0 Å². The van der Waals surface area contributed by atoms with E-state index in [1.165, 1.54) is 16.9 Å². The van der Waals surface area contributed by atoms with Crippen molar-refractivity contribution in [3.8, 4) is 0 Å². The Hall–Kier alpha value is -1.72. The number of benzene rings is 1. The monoisotopic (exact) mass is 289 g/mol. The zero-order valence-corrected chi connectivity index (χ0v) is 12.8. The number of amides is 1. The molecule has 4 nitrogen and oxygen atoms in total. The molecule has 0 atom stereocenters. The highest BCUT2D eigenvalue weighted by molar-refractivity contribution is 7.09. The molecule has 0 bridgehead atoms. The summed E-state index contributed by atoms with van der Waals surface area (Å²) in [6, 6.07) is 6.04. The lowest BCUT2D eigenvalue weighted by atomic mass is 10.1. The first-order valence-electron chi connectivity index (χ1n) is 6.52. The quantitative estimate of drug-likeness (QED) is 0.941. The van der Waals surface area contributed by atoms with Crippen LogP contribution in [0.3, 0.4) is 0 Å². The topological polar surface area (TPSA) is 59.2 Å². The van der Waals surface area contributed by atoms with Crippen LogP contribution in [-0.2, 0) is 6.42 Å². The van der Waals surface area contributed by atoms with E-state index in [0.29, 0.717) is 18.7 Å². The van der Waals surface area contributed by atoms with Crippen molar-refractivity contribution >= 4 is 22.9 Å². The Kier molecular flexibility index (Phi) is 4.52. The van der Waals surface area contributed by atoms with Gasteiger partial charge in [0.05, 0.1) is 5.01 Å². The van der Waals surface area contributed by atoms with Crippen molar-refractivity contribution in [3.05, 3.63) is 45.4 Å². The zero-order valence-electron chi connectivity index (χ0n) is 12.0. The first-order chi connectivity index (χ1) is 9.52. The molecular weight excluding hydrogens is 270 g/mol. The van der Waals surface area contributed by atoms with Crippen LogP contribution in [0.5, 0.6) is 0 Å². The van der Waals surface area contributed by atoms with Crippen LogP contribution in [0.1, 0.15) is 26.6 Å². The van der Waals surface area contributed by atoms with E-state index in [-0.39, 0.29) is 5.91 Å². The van der Waals surface area contributed by atoms with E-state index < -0.39 is 0 Å². The molecule has 0 fully saturated rings. The molecule has 0 aliphatic heterocycles. The number of carbonyl (C=O) groups is 1. The van der Waals surface area contributed by atoms with Gasteiger partial charge in [0.25, 0.3) is 5.91 Å². The standard InChI is InChI=1S/C15H19N3OS/c1-10-4-5-13(11(2)8-10)18(3)15(19)12-9-20-14(17-12)6-7-16/h4-5,8-9H,6-7,16H2,1-3H3. The van der Waals surface area contributed by atoms with E-state index >= 15 is 0 Å². The molecule has 0 aliphatic carbocycles. The van der Waals surface area contributed by atoms with Crippen molar-refractivity contribution in [1.82, 2.24) is 4.98 Å². The summed E-state index contributed by atoms with van der Waals surface area (Å²) in [4.78, 5) is 18.4. The average Bonchev–Trinajstić information content (AvgIpc) is 2.86. The largest absolute Gasteiger partial charge is 0.330 e. The maximum absolute atomic E-state index is 12.4. The van der Waals surface area contributed by atoms with E-state index in [2.05, 4.69) is 11.1 Å². The lowest BCUT2D eigenvalue weighted by Crippen LogP contribution is -2.27. The average molecular weight is 289 g/mol. The summed E-state index contributed by atoms with van der Waals surface area (Å²) in [6.45, 7) is 4.60. The number of nitrogens with zero attached hydrogens (tertiary/aromatic N) is 2. The Labute approximate surface area is 123 Å². The molecule has 0 aliphatic rings. The number of nitrogens with two attached hydrogens (primary N) is 1. The molecule has 1 aromatic carbocycles. The van der Waals surface area contributed by atoms with E-state index in [9.17, 15) is 4.79 Å². The molecule has 2 rings (SSSR count). The van der Waals surface area contributed by atoms with Gasteiger partial charge in [0.2, 0.25) is 0 Å². The number of aryl methyl sites for hydroxylation is 2. The Morgan fingerprint density at radius 1 is 1.40 bits per heavy atom. The molecular formula is C15H19N3OS. The van der Waals surface area contributed by atoms with Gasteiger partial charge in [-0.25, -0.2) is 4.98 Å². The van der Waals surface area contributed by atoms with Crippen molar-refractivity contribution in [1.29, 1.82) is 0 Å². The van der Waals surface area contributed by atoms with Crippen molar-refractivity contribution < 1.29 is 4.79 Å². The van der Waals surface area contributed by atoms with Crippen LogP contribution in [0.2, 0.25) is 0 Å². The summed E-state index contributed by atoms with van der Waals surface area (Å²) >= 11 is 1.48. The van der Waals surface area contributed by atoms with Gasteiger partial charge in [-0.1, -0.05) is 17.7 Å². The fraction of sp³-hybridized carbons (Fsp3) is 0.333. The second-order valence-electron chi connectivity index (χ2n) is 4.82. The van der Waals surface area contributed by atoms with E-state index in [1.807, 2.05) is 26.0 Å². The highest BCUT2D eigenvalue weighted by Gasteiger charge is 2.18. The third-order valence-corrected chi connectivity index (χ3v) is 4.06. The minimum absolute atomic E-state index is 0.0866. The summed E-state index contributed by atoms with van der Waals surface area (Å²) < 4.78 is 0. The Balaban J connectivity index is 2.22. The number of rotatable bonds is 4. The normalized spacial score (nSPS) is 10.6. The molecule has 0 saturated heterocycles. The van der Waals surface area contributed by atoms with Gasteiger partial charge in [-0.15, -0.1) is 11.3 Å². The molecule has 106 valence electrons. The van der Waals surface area contributed by atoms with Gasteiger partial charge in [0.1, 0.15) is 5.69 Å². The maximum Gasteiger partial charge on any atom is 0.277 e. The van der Waals surface area contributed by atoms with Gasteiger partial charge in [0, 0.05) is 24.5 Å². The lowest BCUT2D eigenvalue weighted by molar-refractivity contribution is 0.0988. The summed E-state index contributed by atoms with van der Waals surface area (Å²) in [5.41, 5.74) is 9.17. The molecule has 2 N–H and O–H groups in total. The van der Waals surface area contributed by atoms with E-state index in [4.69, 9.17) is 5.73 Å². The first-order valence-corrected chi connectivity index (χ1v) is 7.40. The van der Waals surface area contributed by atoms with Crippen LogP contribution >= 0.6 is 11.3 Å². The van der Waals surface area contributed by atoms with E-state index in [0.717, 1.165) is 16.3 Å². The number of hydrogen-bond acceptors (Lipinski definition) is 4. The number of aromatic nitrogens is 1. The first kappa shape index (κ1) is 14.7. The molecule has 0 spiro atoms. The van der Waals surface area contributed by atoms with Crippen LogP contribution in [-0.4, -0.2) is 24.5 Å². The van der Waals surface area contributed by atoms with Crippen LogP contribution in [0.25, 0.3) is 0 Å². The number of anilines is 1. The maximum atomic E-state index is 12.4. The molecule has 1 aromatic heterocycles.